The van der Waals surface area contributed by atoms with Gasteiger partial charge >= 0.3 is 0 Å². The second-order valence-electron chi connectivity index (χ2n) is 6.32. The number of benzene rings is 2. The van der Waals surface area contributed by atoms with E-state index in [0.29, 0.717) is 5.69 Å². The predicted octanol–water partition coefficient (Wildman–Crippen LogP) is 3.68. The Labute approximate surface area is 163 Å². The van der Waals surface area contributed by atoms with Crippen LogP contribution in [0.3, 0.4) is 0 Å². The summed E-state index contributed by atoms with van der Waals surface area (Å²) in [6.07, 6.45) is 1.73. The number of aromatic nitrogens is 2. The van der Waals surface area contributed by atoms with Crippen molar-refractivity contribution in [2.45, 2.75) is 20.0 Å². The molecule has 0 aliphatic heterocycles. The van der Waals surface area contributed by atoms with Gasteiger partial charge in [-0.2, -0.15) is 5.10 Å². The molecule has 0 radical (unpaired) electrons. The molecule has 3 aromatic rings. The molecular weight excluding hydrogens is 356 g/mol. The molecule has 0 atom stereocenters. The van der Waals surface area contributed by atoms with Crippen molar-refractivity contribution in [2.75, 3.05) is 12.5 Å². The van der Waals surface area contributed by atoms with Crippen molar-refractivity contribution in [2.24, 2.45) is 5.10 Å². The molecule has 3 rings (SSSR count). The molecule has 0 bridgehead atoms. The van der Waals surface area contributed by atoms with Gasteiger partial charge in [0.05, 0.1) is 25.1 Å². The average Bonchev–Trinajstić information content (AvgIpc) is 2.67. The van der Waals surface area contributed by atoms with E-state index in [1.807, 2.05) is 62.4 Å². The lowest BCUT2D eigenvalue weighted by Gasteiger charge is -2.09. The van der Waals surface area contributed by atoms with Gasteiger partial charge < -0.3 is 9.47 Å². The molecule has 144 valence electrons. The van der Waals surface area contributed by atoms with Gasteiger partial charge in [-0.1, -0.05) is 12.1 Å². The minimum atomic E-state index is -0.272. The fraction of sp³-hybridized carbons (Fsp3) is 0.190. The van der Waals surface area contributed by atoms with Crippen molar-refractivity contribution in [3.63, 3.8) is 0 Å². The van der Waals surface area contributed by atoms with Crippen LogP contribution in [0.5, 0.6) is 11.5 Å². The number of H-pyrrole nitrogens is 1. The van der Waals surface area contributed by atoms with Crippen LogP contribution in [0.25, 0.3) is 11.3 Å². The molecule has 0 amide bonds. The van der Waals surface area contributed by atoms with Gasteiger partial charge in [0.2, 0.25) is 5.95 Å². The van der Waals surface area contributed by atoms with Crippen LogP contribution in [-0.4, -0.2) is 29.4 Å². The summed E-state index contributed by atoms with van der Waals surface area (Å²) < 4.78 is 10.8. The van der Waals surface area contributed by atoms with Gasteiger partial charge in [-0.15, -0.1) is 0 Å². The van der Waals surface area contributed by atoms with Crippen LogP contribution in [0.4, 0.5) is 5.95 Å². The monoisotopic (exact) mass is 378 g/mol. The van der Waals surface area contributed by atoms with E-state index in [-0.39, 0.29) is 17.6 Å². The third kappa shape index (κ3) is 5.20. The highest BCUT2D eigenvalue weighted by atomic mass is 16.5. The van der Waals surface area contributed by atoms with E-state index in [9.17, 15) is 4.79 Å². The van der Waals surface area contributed by atoms with Gasteiger partial charge in [-0.25, -0.2) is 10.4 Å². The topological polar surface area (TPSA) is 88.6 Å². The van der Waals surface area contributed by atoms with Crippen molar-refractivity contribution in [1.82, 2.24) is 9.97 Å². The fourth-order valence-corrected chi connectivity index (χ4v) is 2.53. The van der Waals surface area contributed by atoms with Crippen LogP contribution in [0, 0.1) is 0 Å². The third-order valence-corrected chi connectivity index (χ3v) is 3.74. The number of nitrogens with zero attached hydrogens (tertiary/aromatic N) is 2. The summed E-state index contributed by atoms with van der Waals surface area (Å²) in [5.74, 6) is 1.76. The van der Waals surface area contributed by atoms with Gasteiger partial charge in [0.25, 0.3) is 5.56 Å². The number of hydrazone groups is 1. The Morgan fingerprint density at radius 2 is 1.89 bits per heavy atom. The molecule has 1 heterocycles. The number of anilines is 1. The van der Waals surface area contributed by atoms with Gasteiger partial charge in [0.1, 0.15) is 11.5 Å². The van der Waals surface area contributed by atoms with Crippen molar-refractivity contribution in [1.29, 1.82) is 0 Å². The predicted molar refractivity (Wildman–Crippen MR) is 110 cm³/mol. The lowest BCUT2D eigenvalue weighted by Crippen LogP contribution is -2.10. The molecule has 0 saturated carbocycles. The first-order valence-corrected chi connectivity index (χ1v) is 8.85. The Morgan fingerprint density at radius 3 is 2.61 bits per heavy atom. The number of nitrogens with one attached hydrogen (secondary N) is 2. The maximum absolute atomic E-state index is 12.0. The number of rotatable bonds is 7. The Hall–Kier alpha value is -3.61. The quantitative estimate of drug-likeness (QED) is 0.484. The molecule has 28 heavy (non-hydrogen) atoms. The molecule has 0 unspecified atom stereocenters. The van der Waals surface area contributed by atoms with Crippen molar-refractivity contribution in [3.05, 3.63) is 70.5 Å². The molecule has 7 heteroatoms. The molecule has 0 aliphatic carbocycles. The molecule has 7 nitrogen and oxygen atoms in total. The Balaban J connectivity index is 1.75. The highest BCUT2D eigenvalue weighted by molar-refractivity contribution is 5.80. The van der Waals surface area contributed by atoms with Gasteiger partial charge in [0.15, 0.2) is 0 Å². The second kappa shape index (κ2) is 8.85. The summed E-state index contributed by atoms with van der Waals surface area (Å²) >= 11 is 0. The van der Waals surface area contributed by atoms with Crippen molar-refractivity contribution < 1.29 is 9.47 Å². The highest BCUT2D eigenvalue weighted by Gasteiger charge is 2.04. The summed E-state index contributed by atoms with van der Waals surface area (Å²) in [5, 5.41) is 4.15. The van der Waals surface area contributed by atoms with E-state index < -0.39 is 0 Å². The van der Waals surface area contributed by atoms with E-state index in [4.69, 9.17) is 9.47 Å². The van der Waals surface area contributed by atoms with Gasteiger partial charge in [0, 0.05) is 11.6 Å². The van der Waals surface area contributed by atoms with Crippen LogP contribution < -0.4 is 20.5 Å². The van der Waals surface area contributed by atoms with E-state index in [1.165, 1.54) is 6.07 Å². The van der Waals surface area contributed by atoms with Gasteiger partial charge in [-0.3, -0.25) is 9.78 Å². The second-order valence-corrected chi connectivity index (χ2v) is 6.32. The number of ether oxygens (including phenoxy) is 2. The standard InChI is InChI=1S/C21H22N4O3/c1-14(2)28-18-6-4-5-15(11-18)13-22-25-21-23-19(12-20(26)24-21)16-7-9-17(27-3)10-8-16/h4-14H,1-3H3,(H2,23,24,25,26)/b22-13-. The lowest BCUT2D eigenvalue weighted by molar-refractivity contribution is 0.242. The Kier molecular flexibility index (Phi) is 6.06. The smallest absolute Gasteiger partial charge is 0.252 e. The molecule has 0 saturated heterocycles. The molecule has 2 aromatic carbocycles. The number of methoxy groups -OCH3 is 1. The zero-order valence-electron chi connectivity index (χ0n) is 16.0. The average molecular weight is 378 g/mol. The van der Waals surface area contributed by atoms with E-state index >= 15 is 0 Å². The number of aromatic amines is 1. The van der Waals surface area contributed by atoms with Crippen LogP contribution in [0.1, 0.15) is 19.4 Å². The maximum Gasteiger partial charge on any atom is 0.252 e. The Bertz CT molecular complexity index is 1010. The molecule has 1 aromatic heterocycles. The van der Waals surface area contributed by atoms with Crippen LogP contribution >= 0.6 is 0 Å². The summed E-state index contributed by atoms with van der Waals surface area (Å²) in [4.78, 5) is 19.0. The largest absolute Gasteiger partial charge is 0.497 e. The fourth-order valence-electron chi connectivity index (χ4n) is 2.53. The maximum atomic E-state index is 12.0. The summed E-state index contributed by atoms with van der Waals surface area (Å²) in [6, 6.07) is 16.3. The summed E-state index contributed by atoms with van der Waals surface area (Å²) in [6.45, 7) is 3.94. The number of hydrogen-bond donors (Lipinski definition) is 2. The zero-order chi connectivity index (χ0) is 19.9. The zero-order valence-corrected chi connectivity index (χ0v) is 16.0. The minimum absolute atomic E-state index is 0.0975. The highest BCUT2D eigenvalue weighted by Crippen LogP contribution is 2.20. The first-order valence-electron chi connectivity index (χ1n) is 8.85. The number of hydrogen-bond acceptors (Lipinski definition) is 6. The summed E-state index contributed by atoms with van der Waals surface area (Å²) in [5.41, 5.74) is 4.69. The minimum Gasteiger partial charge on any atom is -0.497 e. The molecule has 2 N–H and O–H groups in total. The van der Waals surface area contributed by atoms with Crippen LogP contribution in [0.2, 0.25) is 0 Å². The molecule has 0 spiro atoms. The molecule has 0 aliphatic rings. The van der Waals surface area contributed by atoms with Crippen LogP contribution in [-0.2, 0) is 0 Å². The first kappa shape index (κ1) is 19.2. The summed E-state index contributed by atoms with van der Waals surface area (Å²) in [7, 11) is 1.60. The molecule has 0 fully saturated rings. The normalized spacial score (nSPS) is 11.0. The third-order valence-electron chi connectivity index (χ3n) is 3.74. The Morgan fingerprint density at radius 1 is 1.11 bits per heavy atom. The SMILES string of the molecule is COc1ccc(-c2cc(=O)[nH]c(N/N=C\c3cccc(OC(C)C)c3)n2)cc1. The van der Waals surface area contributed by atoms with E-state index in [0.717, 1.165) is 22.6 Å². The van der Waals surface area contributed by atoms with Crippen molar-refractivity contribution in [3.8, 4) is 22.8 Å². The van der Waals surface area contributed by atoms with Gasteiger partial charge in [-0.05, 0) is 55.8 Å². The molecular formula is C21H22N4O3. The van der Waals surface area contributed by atoms with E-state index in [2.05, 4.69) is 20.5 Å². The first-order chi connectivity index (χ1) is 13.5. The lowest BCUT2D eigenvalue weighted by atomic mass is 10.1. The van der Waals surface area contributed by atoms with Crippen molar-refractivity contribution >= 4 is 12.2 Å². The van der Waals surface area contributed by atoms with E-state index in [1.54, 1.807) is 13.3 Å². The van der Waals surface area contributed by atoms with Crippen LogP contribution in [0.15, 0.2) is 64.5 Å².